The van der Waals surface area contributed by atoms with Crippen LogP contribution in [-0.4, -0.2) is 15.4 Å². The molecule has 0 radical (unpaired) electrons. The molecule has 1 saturated carbocycles. The van der Waals surface area contributed by atoms with E-state index in [0.29, 0.717) is 17.8 Å². The minimum Gasteiger partial charge on any atom is -0.325 e. The van der Waals surface area contributed by atoms with E-state index in [1.807, 2.05) is 6.07 Å². The van der Waals surface area contributed by atoms with Gasteiger partial charge < -0.3 is 4.57 Å². The maximum atomic E-state index is 13.2. The molecule has 0 saturated heterocycles. The van der Waals surface area contributed by atoms with Crippen molar-refractivity contribution in [2.75, 3.05) is 5.88 Å². The van der Waals surface area contributed by atoms with E-state index in [1.54, 1.807) is 0 Å². The van der Waals surface area contributed by atoms with Gasteiger partial charge in [-0.05, 0) is 24.5 Å². The van der Waals surface area contributed by atoms with E-state index in [0.717, 1.165) is 23.3 Å². The first kappa shape index (κ1) is 11.0. The zero-order valence-electron chi connectivity index (χ0n) is 9.66. The van der Waals surface area contributed by atoms with Crippen LogP contribution in [0.3, 0.4) is 0 Å². The first-order chi connectivity index (χ1) is 8.20. The van der Waals surface area contributed by atoms with Gasteiger partial charge in [0.25, 0.3) is 0 Å². The van der Waals surface area contributed by atoms with Gasteiger partial charge in [-0.2, -0.15) is 0 Å². The molecule has 2 nitrogen and oxygen atoms in total. The van der Waals surface area contributed by atoms with Crippen molar-refractivity contribution < 1.29 is 4.39 Å². The summed E-state index contributed by atoms with van der Waals surface area (Å²) < 4.78 is 15.4. The van der Waals surface area contributed by atoms with Crippen molar-refractivity contribution in [3.05, 3.63) is 29.8 Å². The fraction of sp³-hybridized carbons (Fsp3) is 0.462. The predicted octanol–water partition coefficient (Wildman–Crippen LogP) is 3.54. The van der Waals surface area contributed by atoms with E-state index < -0.39 is 0 Å². The van der Waals surface area contributed by atoms with Crippen LogP contribution >= 0.6 is 11.6 Å². The molecule has 1 fully saturated rings. The van der Waals surface area contributed by atoms with Crippen LogP contribution in [0, 0.1) is 11.7 Å². The second kappa shape index (κ2) is 3.98. The molecule has 0 amide bonds. The number of hydrogen-bond donors (Lipinski definition) is 0. The molecule has 1 aromatic carbocycles. The Bertz CT molecular complexity index is 564. The SMILES string of the molecule is CC1CC1n1c(CCCl)nc2cc(F)ccc21. The summed E-state index contributed by atoms with van der Waals surface area (Å²) >= 11 is 5.80. The molecule has 1 aliphatic carbocycles. The Hall–Kier alpha value is -1.09. The summed E-state index contributed by atoms with van der Waals surface area (Å²) in [5.41, 5.74) is 1.77. The van der Waals surface area contributed by atoms with E-state index >= 15 is 0 Å². The van der Waals surface area contributed by atoms with Crippen molar-refractivity contribution in [3.63, 3.8) is 0 Å². The third kappa shape index (κ3) is 1.82. The van der Waals surface area contributed by atoms with Gasteiger partial charge in [0.15, 0.2) is 0 Å². The molecule has 17 heavy (non-hydrogen) atoms. The number of alkyl halides is 1. The van der Waals surface area contributed by atoms with E-state index in [9.17, 15) is 4.39 Å². The highest BCUT2D eigenvalue weighted by atomic mass is 35.5. The highest BCUT2D eigenvalue weighted by molar-refractivity contribution is 6.17. The lowest BCUT2D eigenvalue weighted by Crippen LogP contribution is -2.03. The van der Waals surface area contributed by atoms with Gasteiger partial charge in [-0.3, -0.25) is 0 Å². The van der Waals surface area contributed by atoms with Gasteiger partial charge in [0.05, 0.1) is 11.0 Å². The molecule has 90 valence electrons. The molecular formula is C13H14ClFN2. The van der Waals surface area contributed by atoms with Crippen LogP contribution < -0.4 is 0 Å². The first-order valence-electron chi connectivity index (χ1n) is 5.93. The van der Waals surface area contributed by atoms with Crippen molar-refractivity contribution >= 4 is 22.6 Å². The Morgan fingerprint density at radius 1 is 1.53 bits per heavy atom. The summed E-state index contributed by atoms with van der Waals surface area (Å²) in [6.45, 7) is 2.23. The second-order valence-electron chi connectivity index (χ2n) is 4.75. The van der Waals surface area contributed by atoms with E-state index in [1.165, 1.54) is 18.6 Å². The number of fused-ring (bicyclic) bond motifs is 1. The third-order valence-corrected chi connectivity index (χ3v) is 3.63. The number of aromatic nitrogens is 2. The van der Waals surface area contributed by atoms with Gasteiger partial charge in [0.1, 0.15) is 11.6 Å². The Balaban J connectivity index is 2.17. The lowest BCUT2D eigenvalue weighted by atomic mass is 10.3. The zero-order valence-corrected chi connectivity index (χ0v) is 10.4. The predicted molar refractivity (Wildman–Crippen MR) is 66.9 cm³/mol. The largest absolute Gasteiger partial charge is 0.325 e. The van der Waals surface area contributed by atoms with Crippen LogP contribution in [0.5, 0.6) is 0 Å². The van der Waals surface area contributed by atoms with Gasteiger partial charge in [0, 0.05) is 24.4 Å². The van der Waals surface area contributed by atoms with Crippen molar-refractivity contribution in [2.24, 2.45) is 5.92 Å². The standard InChI is InChI=1S/C13H14ClFN2/c1-8-6-12(8)17-11-3-2-9(15)7-10(11)16-13(17)4-5-14/h2-3,7-8,12H,4-6H2,1H3. The summed E-state index contributed by atoms with van der Waals surface area (Å²) in [7, 11) is 0. The molecule has 1 heterocycles. The number of hydrogen-bond acceptors (Lipinski definition) is 1. The average molecular weight is 253 g/mol. The highest BCUT2D eigenvalue weighted by Gasteiger charge is 2.36. The smallest absolute Gasteiger partial charge is 0.125 e. The van der Waals surface area contributed by atoms with Gasteiger partial charge in [0.2, 0.25) is 0 Å². The number of halogens is 2. The maximum absolute atomic E-state index is 13.2. The fourth-order valence-electron chi connectivity index (χ4n) is 2.41. The van der Waals surface area contributed by atoms with E-state index in [2.05, 4.69) is 16.5 Å². The molecule has 2 unspecified atom stereocenters. The molecule has 2 atom stereocenters. The molecule has 1 aliphatic rings. The summed E-state index contributed by atoms with van der Waals surface area (Å²) in [6, 6.07) is 5.33. The summed E-state index contributed by atoms with van der Waals surface area (Å²) in [6.07, 6.45) is 1.92. The van der Waals surface area contributed by atoms with Crippen LogP contribution in [0.25, 0.3) is 11.0 Å². The molecule has 4 heteroatoms. The maximum Gasteiger partial charge on any atom is 0.125 e. The van der Waals surface area contributed by atoms with Crippen molar-refractivity contribution in [3.8, 4) is 0 Å². The average Bonchev–Trinajstić information content (AvgIpc) is 2.88. The van der Waals surface area contributed by atoms with Crippen molar-refractivity contribution in [1.29, 1.82) is 0 Å². The Labute approximate surface area is 104 Å². The van der Waals surface area contributed by atoms with Gasteiger partial charge in [-0.15, -0.1) is 11.6 Å². The molecule has 3 rings (SSSR count). The number of rotatable bonds is 3. The van der Waals surface area contributed by atoms with Gasteiger partial charge in [-0.25, -0.2) is 9.37 Å². The normalized spacial score (nSPS) is 23.2. The molecule has 2 aromatic rings. The van der Waals surface area contributed by atoms with Crippen LogP contribution in [-0.2, 0) is 6.42 Å². The number of benzene rings is 1. The van der Waals surface area contributed by atoms with Crippen molar-refractivity contribution in [1.82, 2.24) is 9.55 Å². The molecule has 0 spiro atoms. The minimum absolute atomic E-state index is 0.233. The number of aryl methyl sites for hydroxylation is 1. The van der Waals surface area contributed by atoms with E-state index in [-0.39, 0.29) is 5.82 Å². The quantitative estimate of drug-likeness (QED) is 0.764. The summed E-state index contributed by atoms with van der Waals surface area (Å²) in [5.74, 6) is 1.98. The zero-order chi connectivity index (χ0) is 12.0. The van der Waals surface area contributed by atoms with Crippen LogP contribution in [0.15, 0.2) is 18.2 Å². The topological polar surface area (TPSA) is 17.8 Å². The monoisotopic (exact) mass is 252 g/mol. The minimum atomic E-state index is -0.233. The molecular weight excluding hydrogens is 239 g/mol. The molecule has 0 bridgehead atoms. The van der Waals surface area contributed by atoms with Crippen LogP contribution in [0.1, 0.15) is 25.2 Å². The fourth-order valence-corrected chi connectivity index (χ4v) is 2.58. The third-order valence-electron chi connectivity index (χ3n) is 3.44. The van der Waals surface area contributed by atoms with E-state index in [4.69, 9.17) is 11.6 Å². The second-order valence-corrected chi connectivity index (χ2v) is 5.13. The number of imidazole rings is 1. The number of nitrogens with zero attached hydrogens (tertiary/aromatic N) is 2. The Kier molecular flexibility index (Phi) is 2.58. The summed E-state index contributed by atoms with van der Waals surface area (Å²) in [4.78, 5) is 4.50. The Morgan fingerprint density at radius 3 is 2.94 bits per heavy atom. The molecule has 1 aromatic heterocycles. The summed E-state index contributed by atoms with van der Waals surface area (Å²) in [5, 5.41) is 0. The molecule has 0 N–H and O–H groups in total. The lowest BCUT2D eigenvalue weighted by molar-refractivity contribution is 0.629. The first-order valence-corrected chi connectivity index (χ1v) is 6.46. The van der Waals surface area contributed by atoms with Crippen molar-refractivity contribution in [2.45, 2.75) is 25.8 Å². The van der Waals surface area contributed by atoms with Crippen LogP contribution in [0.2, 0.25) is 0 Å². The van der Waals surface area contributed by atoms with Gasteiger partial charge in [-0.1, -0.05) is 6.92 Å². The highest BCUT2D eigenvalue weighted by Crippen LogP contribution is 2.45. The van der Waals surface area contributed by atoms with Crippen LogP contribution in [0.4, 0.5) is 4.39 Å². The van der Waals surface area contributed by atoms with Gasteiger partial charge >= 0.3 is 0 Å². The lowest BCUT2D eigenvalue weighted by Gasteiger charge is -2.06. The Morgan fingerprint density at radius 2 is 2.29 bits per heavy atom. The molecule has 0 aliphatic heterocycles.